The number of aliphatic hydroxyl groups excluding tert-OH is 1. The van der Waals surface area contributed by atoms with Gasteiger partial charge in [0.1, 0.15) is 11.9 Å². The van der Waals surface area contributed by atoms with Gasteiger partial charge in [-0.3, -0.25) is 14.4 Å². The van der Waals surface area contributed by atoms with Gasteiger partial charge < -0.3 is 14.9 Å². The summed E-state index contributed by atoms with van der Waals surface area (Å²) in [7, 11) is 0. The normalized spacial score (nSPS) is 25.2. The van der Waals surface area contributed by atoms with Crippen molar-refractivity contribution < 1.29 is 29.3 Å². The number of ketones is 2. The third-order valence-corrected chi connectivity index (χ3v) is 3.37. The van der Waals surface area contributed by atoms with Gasteiger partial charge in [-0.2, -0.15) is 0 Å². The maximum atomic E-state index is 12.3. The molecule has 0 aromatic heterocycles. The summed E-state index contributed by atoms with van der Waals surface area (Å²) in [5.41, 5.74) is -0.0887. The Bertz CT molecular complexity index is 672. The van der Waals surface area contributed by atoms with Crippen LogP contribution >= 0.6 is 0 Å². The molecule has 2 N–H and O–H groups in total. The molecule has 102 valence electrons. The van der Waals surface area contributed by atoms with Gasteiger partial charge >= 0.3 is 5.97 Å². The SMILES string of the molecule is O=C1C[C@H](O)[C@@H](C2=CC(=O)c3c(O)cccc3C2=O)O1. The average Bonchev–Trinajstić information content (AvgIpc) is 2.72. The molecule has 6 heteroatoms. The van der Waals surface area contributed by atoms with Crippen LogP contribution in [0, 0.1) is 0 Å². The van der Waals surface area contributed by atoms with E-state index in [0.717, 1.165) is 6.08 Å². The number of rotatable bonds is 1. The van der Waals surface area contributed by atoms with Gasteiger partial charge in [0.15, 0.2) is 17.7 Å². The van der Waals surface area contributed by atoms with E-state index in [9.17, 15) is 24.6 Å². The van der Waals surface area contributed by atoms with Crippen LogP contribution in [0.4, 0.5) is 0 Å². The number of aromatic hydroxyl groups is 1. The van der Waals surface area contributed by atoms with E-state index in [1.807, 2.05) is 0 Å². The van der Waals surface area contributed by atoms with Gasteiger partial charge in [0.05, 0.1) is 12.0 Å². The molecule has 2 atom stereocenters. The number of aliphatic hydroxyl groups is 1. The molecular formula is C14H10O6. The lowest BCUT2D eigenvalue weighted by atomic mass is 9.85. The van der Waals surface area contributed by atoms with Crippen molar-refractivity contribution in [1.82, 2.24) is 0 Å². The summed E-state index contributed by atoms with van der Waals surface area (Å²) in [5, 5.41) is 19.4. The van der Waals surface area contributed by atoms with Crippen LogP contribution < -0.4 is 0 Å². The molecule has 2 aliphatic rings. The molecule has 1 aliphatic carbocycles. The summed E-state index contributed by atoms with van der Waals surface area (Å²) in [4.78, 5) is 35.5. The second-order valence-corrected chi connectivity index (χ2v) is 4.67. The highest BCUT2D eigenvalue weighted by atomic mass is 16.6. The van der Waals surface area contributed by atoms with E-state index in [-0.39, 0.29) is 28.9 Å². The van der Waals surface area contributed by atoms with Crippen LogP contribution in [0.2, 0.25) is 0 Å². The number of carbonyl (C=O) groups is 3. The number of hydrogen-bond donors (Lipinski definition) is 2. The van der Waals surface area contributed by atoms with E-state index in [4.69, 9.17) is 4.74 Å². The van der Waals surface area contributed by atoms with Crippen molar-refractivity contribution in [1.29, 1.82) is 0 Å². The van der Waals surface area contributed by atoms with Crippen LogP contribution in [-0.4, -0.2) is 40.0 Å². The zero-order valence-electron chi connectivity index (χ0n) is 10.2. The number of hydrogen-bond acceptors (Lipinski definition) is 6. The number of phenolic OH excluding ortho intramolecular Hbond substituents is 1. The Morgan fingerprint density at radius 3 is 2.60 bits per heavy atom. The first-order valence-corrected chi connectivity index (χ1v) is 5.99. The number of allylic oxidation sites excluding steroid dienone is 1. The molecule has 1 aromatic rings. The molecule has 0 unspecified atom stereocenters. The summed E-state index contributed by atoms with van der Waals surface area (Å²) < 4.78 is 4.88. The molecule has 0 radical (unpaired) electrons. The number of esters is 1. The molecular weight excluding hydrogens is 264 g/mol. The maximum Gasteiger partial charge on any atom is 0.309 e. The fourth-order valence-corrected chi connectivity index (χ4v) is 2.45. The first kappa shape index (κ1) is 12.6. The van der Waals surface area contributed by atoms with E-state index < -0.39 is 29.7 Å². The molecule has 20 heavy (non-hydrogen) atoms. The Morgan fingerprint density at radius 1 is 1.20 bits per heavy atom. The molecule has 0 saturated carbocycles. The number of ether oxygens (including phenoxy) is 1. The van der Waals surface area contributed by atoms with E-state index in [2.05, 4.69) is 0 Å². The summed E-state index contributed by atoms with van der Waals surface area (Å²) in [5.74, 6) is -1.98. The molecule has 1 saturated heterocycles. The fraction of sp³-hybridized carbons (Fsp3) is 0.214. The maximum absolute atomic E-state index is 12.3. The van der Waals surface area contributed by atoms with E-state index in [0.29, 0.717) is 0 Å². The van der Waals surface area contributed by atoms with E-state index >= 15 is 0 Å². The largest absolute Gasteiger partial charge is 0.507 e. The van der Waals surface area contributed by atoms with Crippen LogP contribution in [0.3, 0.4) is 0 Å². The zero-order chi connectivity index (χ0) is 14.4. The average molecular weight is 274 g/mol. The lowest BCUT2D eigenvalue weighted by Crippen LogP contribution is -2.31. The zero-order valence-corrected chi connectivity index (χ0v) is 10.2. The minimum absolute atomic E-state index is 0.0441. The Hall–Kier alpha value is -2.47. The molecule has 1 fully saturated rings. The molecule has 3 rings (SSSR count). The van der Waals surface area contributed by atoms with Gasteiger partial charge in [-0.25, -0.2) is 0 Å². The van der Waals surface area contributed by atoms with E-state index in [1.165, 1.54) is 18.2 Å². The number of Topliss-reactive ketones (excluding diaryl/α,β-unsaturated/α-hetero) is 1. The van der Waals surface area contributed by atoms with Gasteiger partial charge in [-0.15, -0.1) is 0 Å². The third kappa shape index (κ3) is 1.73. The number of benzene rings is 1. The predicted molar refractivity (Wildman–Crippen MR) is 65.4 cm³/mol. The van der Waals surface area contributed by atoms with Gasteiger partial charge in [-0.1, -0.05) is 12.1 Å². The van der Waals surface area contributed by atoms with Crippen molar-refractivity contribution in [2.75, 3.05) is 0 Å². The van der Waals surface area contributed by atoms with Crippen molar-refractivity contribution in [3.63, 3.8) is 0 Å². The topological polar surface area (TPSA) is 101 Å². The van der Waals surface area contributed by atoms with Gasteiger partial charge in [-0.05, 0) is 12.1 Å². The van der Waals surface area contributed by atoms with Gasteiger partial charge in [0.2, 0.25) is 0 Å². The fourth-order valence-electron chi connectivity index (χ4n) is 2.45. The lowest BCUT2D eigenvalue weighted by Gasteiger charge is -2.21. The Labute approximate surface area is 113 Å². The van der Waals surface area contributed by atoms with Crippen molar-refractivity contribution in [3.8, 4) is 5.75 Å². The number of carbonyl (C=O) groups excluding carboxylic acids is 3. The Morgan fingerprint density at radius 2 is 1.95 bits per heavy atom. The molecule has 1 heterocycles. The van der Waals surface area contributed by atoms with Crippen LogP contribution in [0.15, 0.2) is 29.8 Å². The van der Waals surface area contributed by atoms with Crippen molar-refractivity contribution in [2.24, 2.45) is 0 Å². The predicted octanol–water partition coefficient (Wildman–Crippen LogP) is 0.374. The second kappa shape index (κ2) is 4.28. The summed E-state index contributed by atoms with van der Waals surface area (Å²) in [6, 6.07) is 4.16. The number of fused-ring (bicyclic) bond motifs is 1. The summed E-state index contributed by atoms with van der Waals surface area (Å²) in [6.07, 6.45) is -1.48. The van der Waals surface area contributed by atoms with Crippen molar-refractivity contribution in [2.45, 2.75) is 18.6 Å². The van der Waals surface area contributed by atoms with Gasteiger partial charge in [0.25, 0.3) is 0 Å². The highest BCUT2D eigenvalue weighted by Gasteiger charge is 2.41. The highest BCUT2D eigenvalue weighted by Crippen LogP contribution is 2.32. The van der Waals surface area contributed by atoms with Crippen LogP contribution in [-0.2, 0) is 9.53 Å². The highest BCUT2D eigenvalue weighted by molar-refractivity contribution is 6.26. The summed E-state index contributed by atoms with van der Waals surface area (Å²) >= 11 is 0. The second-order valence-electron chi connectivity index (χ2n) is 4.67. The Balaban J connectivity index is 2.07. The number of cyclic esters (lactones) is 1. The van der Waals surface area contributed by atoms with Crippen LogP contribution in [0.25, 0.3) is 0 Å². The molecule has 0 bridgehead atoms. The molecule has 0 amide bonds. The summed E-state index contributed by atoms with van der Waals surface area (Å²) in [6.45, 7) is 0. The van der Waals surface area contributed by atoms with Gasteiger partial charge in [0, 0.05) is 11.1 Å². The standard InChI is InChI=1S/C14H10O6/c15-8-3-1-2-6-12(8)9(16)4-7(13(6)19)14-10(17)5-11(18)20-14/h1-4,10,14-15,17H,5H2/t10-,14+/m0/s1. The van der Waals surface area contributed by atoms with Crippen LogP contribution in [0.5, 0.6) is 5.75 Å². The number of phenols is 1. The molecule has 6 nitrogen and oxygen atoms in total. The first-order valence-electron chi connectivity index (χ1n) is 5.99. The monoisotopic (exact) mass is 274 g/mol. The molecule has 1 aliphatic heterocycles. The Kier molecular flexibility index (Phi) is 2.69. The lowest BCUT2D eigenvalue weighted by molar-refractivity contribution is -0.140. The first-order chi connectivity index (χ1) is 9.49. The smallest absolute Gasteiger partial charge is 0.309 e. The van der Waals surface area contributed by atoms with Crippen molar-refractivity contribution in [3.05, 3.63) is 41.0 Å². The minimum Gasteiger partial charge on any atom is -0.507 e. The van der Waals surface area contributed by atoms with Crippen LogP contribution in [0.1, 0.15) is 27.1 Å². The molecule has 1 aromatic carbocycles. The van der Waals surface area contributed by atoms with E-state index in [1.54, 1.807) is 0 Å². The van der Waals surface area contributed by atoms with Crippen molar-refractivity contribution >= 4 is 17.5 Å². The third-order valence-electron chi connectivity index (χ3n) is 3.37. The minimum atomic E-state index is -1.15. The molecule has 0 spiro atoms. The quantitative estimate of drug-likeness (QED) is 0.718.